The molecule has 2 heteroatoms. The minimum Gasteiger partial charge on any atom is -0.299 e. The van der Waals surface area contributed by atoms with E-state index in [-0.39, 0.29) is 23.4 Å². The van der Waals surface area contributed by atoms with Crippen molar-refractivity contribution in [3.8, 4) is 0 Å². The van der Waals surface area contributed by atoms with Gasteiger partial charge in [-0.2, -0.15) is 0 Å². The minimum atomic E-state index is -0.0261. The number of carbonyl (C=O) groups is 2. The highest BCUT2D eigenvalue weighted by Gasteiger charge is 2.59. The molecule has 0 aromatic rings. The quantitative estimate of drug-likeness (QED) is 0.651. The Morgan fingerprint density at radius 3 is 2.80 bits per heavy atom. The maximum absolute atomic E-state index is 12.0. The maximum Gasteiger partial charge on any atom is 0.146 e. The normalized spacial score (nSPS) is 33.3. The predicted octanol–water partition coefficient (Wildman–Crippen LogP) is 2.90. The van der Waals surface area contributed by atoms with E-state index in [1.807, 2.05) is 6.92 Å². The molecule has 0 spiro atoms. The van der Waals surface area contributed by atoms with Gasteiger partial charge in [-0.1, -0.05) is 19.8 Å². The summed E-state index contributed by atoms with van der Waals surface area (Å²) in [6.07, 6.45) is 7.46. The van der Waals surface area contributed by atoms with E-state index in [0.29, 0.717) is 12.3 Å². The molecule has 15 heavy (non-hydrogen) atoms. The zero-order chi connectivity index (χ0) is 10.9. The number of hydrogen-bond acceptors (Lipinski definition) is 2. The Hall–Kier alpha value is -0.660. The Morgan fingerprint density at radius 2 is 2.13 bits per heavy atom. The van der Waals surface area contributed by atoms with Gasteiger partial charge in [0.1, 0.15) is 11.6 Å². The zero-order valence-corrected chi connectivity index (χ0v) is 9.55. The molecule has 2 unspecified atom stereocenters. The highest BCUT2D eigenvalue weighted by molar-refractivity contribution is 6.03. The van der Waals surface area contributed by atoms with Crippen LogP contribution in [0.2, 0.25) is 0 Å². The average Bonchev–Trinajstić information content (AvgIpc) is 2.93. The molecule has 2 rings (SSSR count). The van der Waals surface area contributed by atoms with Gasteiger partial charge in [-0.25, -0.2) is 0 Å². The number of rotatable bonds is 5. The number of fused-ring (bicyclic) bond motifs is 1. The summed E-state index contributed by atoms with van der Waals surface area (Å²) in [5.74, 6) is 1.03. The Morgan fingerprint density at radius 1 is 1.33 bits per heavy atom. The van der Waals surface area contributed by atoms with Gasteiger partial charge in [0.25, 0.3) is 0 Å². The van der Waals surface area contributed by atoms with Crippen molar-refractivity contribution in [3.05, 3.63) is 0 Å². The van der Waals surface area contributed by atoms with Gasteiger partial charge in [-0.3, -0.25) is 9.59 Å². The maximum atomic E-state index is 12.0. The highest BCUT2D eigenvalue weighted by atomic mass is 16.1. The topological polar surface area (TPSA) is 34.1 Å². The standard InChI is InChI=1S/C13H20O2/c1-2-5-11(14)8-12(15)13-7-4-3-6-10(13)9-13/h10H,2-9H2,1H3. The van der Waals surface area contributed by atoms with Gasteiger partial charge in [0.2, 0.25) is 0 Å². The second kappa shape index (κ2) is 4.07. The molecule has 2 aliphatic rings. The zero-order valence-electron chi connectivity index (χ0n) is 9.55. The molecule has 0 bridgehead atoms. The molecule has 2 saturated carbocycles. The third-order valence-corrected chi connectivity index (χ3v) is 4.10. The Kier molecular flexibility index (Phi) is 2.94. The summed E-state index contributed by atoms with van der Waals surface area (Å²) >= 11 is 0. The van der Waals surface area contributed by atoms with Crippen molar-refractivity contribution >= 4 is 11.6 Å². The van der Waals surface area contributed by atoms with Crippen molar-refractivity contribution in [3.63, 3.8) is 0 Å². The molecule has 0 N–H and O–H groups in total. The second-order valence-corrected chi connectivity index (χ2v) is 5.19. The highest BCUT2D eigenvalue weighted by Crippen LogP contribution is 2.62. The van der Waals surface area contributed by atoms with Crippen molar-refractivity contribution < 1.29 is 9.59 Å². The third-order valence-electron chi connectivity index (χ3n) is 4.10. The van der Waals surface area contributed by atoms with Crippen molar-refractivity contribution in [2.75, 3.05) is 0 Å². The molecule has 2 aliphatic carbocycles. The van der Waals surface area contributed by atoms with Gasteiger partial charge in [0, 0.05) is 11.8 Å². The molecular formula is C13H20O2. The van der Waals surface area contributed by atoms with E-state index in [1.165, 1.54) is 19.3 Å². The van der Waals surface area contributed by atoms with Crippen molar-refractivity contribution in [1.29, 1.82) is 0 Å². The number of hydrogen-bond donors (Lipinski definition) is 0. The average molecular weight is 208 g/mol. The Labute approximate surface area is 91.4 Å². The molecule has 0 radical (unpaired) electrons. The van der Waals surface area contributed by atoms with Crippen LogP contribution in [0.5, 0.6) is 0 Å². The van der Waals surface area contributed by atoms with Crippen molar-refractivity contribution in [1.82, 2.24) is 0 Å². The first-order chi connectivity index (χ1) is 7.19. The number of carbonyl (C=O) groups excluding carboxylic acids is 2. The van der Waals surface area contributed by atoms with Crippen molar-refractivity contribution in [2.45, 2.75) is 58.3 Å². The van der Waals surface area contributed by atoms with Gasteiger partial charge in [-0.05, 0) is 31.6 Å². The van der Waals surface area contributed by atoms with Gasteiger partial charge in [0.05, 0.1) is 6.42 Å². The molecule has 0 heterocycles. The van der Waals surface area contributed by atoms with Crippen LogP contribution in [-0.4, -0.2) is 11.6 Å². The van der Waals surface area contributed by atoms with E-state index < -0.39 is 0 Å². The lowest BCUT2D eigenvalue weighted by Gasteiger charge is -2.20. The van der Waals surface area contributed by atoms with E-state index in [0.717, 1.165) is 19.3 Å². The minimum absolute atomic E-state index is 0.0261. The number of ketones is 2. The third kappa shape index (κ3) is 1.99. The first-order valence-electron chi connectivity index (χ1n) is 6.24. The van der Waals surface area contributed by atoms with E-state index in [2.05, 4.69) is 0 Å². The van der Waals surface area contributed by atoms with E-state index in [4.69, 9.17) is 0 Å². The lowest BCUT2D eigenvalue weighted by Crippen LogP contribution is -2.23. The molecule has 2 atom stereocenters. The smallest absolute Gasteiger partial charge is 0.146 e. The van der Waals surface area contributed by atoms with Crippen LogP contribution >= 0.6 is 0 Å². The van der Waals surface area contributed by atoms with Gasteiger partial charge in [0.15, 0.2) is 0 Å². The summed E-state index contributed by atoms with van der Waals surface area (Å²) in [5, 5.41) is 0. The molecule has 0 saturated heterocycles. The van der Waals surface area contributed by atoms with E-state index in [1.54, 1.807) is 0 Å². The summed E-state index contributed by atoms with van der Waals surface area (Å²) in [6, 6.07) is 0. The largest absolute Gasteiger partial charge is 0.299 e. The fourth-order valence-corrected chi connectivity index (χ4v) is 3.10. The molecule has 0 aliphatic heterocycles. The fourth-order valence-electron chi connectivity index (χ4n) is 3.10. The molecule has 0 aromatic heterocycles. The van der Waals surface area contributed by atoms with Crippen LogP contribution < -0.4 is 0 Å². The monoisotopic (exact) mass is 208 g/mol. The summed E-state index contributed by atoms with van der Waals surface area (Å²) in [7, 11) is 0. The van der Waals surface area contributed by atoms with Crippen LogP contribution in [0.1, 0.15) is 58.3 Å². The molecule has 2 nitrogen and oxygen atoms in total. The molecule has 2 fully saturated rings. The molecule has 0 aromatic carbocycles. The van der Waals surface area contributed by atoms with Crippen LogP contribution in [0.25, 0.3) is 0 Å². The summed E-state index contributed by atoms with van der Waals surface area (Å²) < 4.78 is 0. The summed E-state index contributed by atoms with van der Waals surface area (Å²) in [5.41, 5.74) is -0.0261. The van der Waals surface area contributed by atoms with Gasteiger partial charge < -0.3 is 0 Å². The lowest BCUT2D eigenvalue weighted by molar-refractivity contribution is -0.131. The Bertz CT molecular complexity index is 282. The Balaban J connectivity index is 1.89. The van der Waals surface area contributed by atoms with Crippen LogP contribution in [-0.2, 0) is 9.59 Å². The van der Waals surface area contributed by atoms with E-state index in [9.17, 15) is 9.59 Å². The van der Waals surface area contributed by atoms with Gasteiger partial charge in [-0.15, -0.1) is 0 Å². The fraction of sp³-hybridized carbons (Fsp3) is 0.846. The first kappa shape index (κ1) is 10.8. The molecular weight excluding hydrogens is 188 g/mol. The van der Waals surface area contributed by atoms with Crippen LogP contribution in [0, 0.1) is 11.3 Å². The number of Topliss-reactive ketones (excluding diaryl/α,β-unsaturated/α-hetero) is 2. The predicted molar refractivity (Wildman–Crippen MR) is 58.5 cm³/mol. The summed E-state index contributed by atoms with van der Waals surface area (Å²) in [4.78, 5) is 23.5. The SMILES string of the molecule is CCCC(=O)CC(=O)C12CCCCC1C2. The molecule has 84 valence electrons. The van der Waals surface area contributed by atoms with Crippen molar-refractivity contribution in [2.24, 2.45) is 11.3 Å². The van der Waals surface area contributed by atoms with E-state index >= 15 is 0 Å². The second-order valence-electron chi connectivity index (χ2n) is 5.19. The van der Waals surface area contributed by atoms with Crippen LogP contribution in [0.4, 0.5) is 0 Å². The van der Waals surface area contributed by atoms with Gasteiger partial charge >= 0.3 is 0 Å². The molecule has 0 amide bonds. The van der Waals surface area contributed by atoms with Crippen LogP contribution in [0.15, 0.2) is 0 Å². The first-order valence-corrected chi connectivity index (χ1v) is 6.24. The van der Waals surface area contributed by atoms with Crippen LogP contribution in [0.3, 0.4) is 0 Å². The summed E-state index contributed by atoms with van der Waals surface area (Å²) in [6.45, 7) is 1.99. The lowest BCUT2D eigenvalue weighted by atomic mass is 9.83.